The molecule has 17 heavy (non-hydrogen) atoms. The first-order valence-corrected chi connectivity index (χ1v) is 7.09. The molecule has 0 aliphatic heterocycles. The highest BCUT2D eigenvalue weighted by atomic mass is 35.5. The van der Waals surface area contributed by atoms with E-state index < -0.39 is 0 Å². The molecule has 2 aromatic rings. The van der Waals surface area contributed by atoms with E-state index in [9.17, 15) is 0 Å². The lowest BCUT2D eigenvalue weighted by Crippen LogP contribution is -2.18. The lowest BCUT2D eigenvalue weighted by molar-refractivity contribution is 0.737. The van der Waals surface area contributed by atoms with Crippen LogP contribution in [0.15, 0.2) is 29.2 Å². The second-order valence-corrected chi connectivity index (χ2v) is 5.42. The van der Waals surface area contributed by atoms with Gasteiger partial charge >= 0.3 is 0 Å². The van der Waals surface area contributed by atoms with Crippen molar-refractivity contribution in [3.8, 4) is 0 Å². The summed E-state index contributed by atoms with van der Waals surface area (Å²) in [5.41, 5.74) is 7.75. The second-order valence-electron chi connectivity index (χ2n) is 4.18. The van der Waals surface area contributed by atoms with Gasteiger partial charge < -0.3 is 5.73 Å². The summed E-state index contributed by atoms with van der Waals surface area (Å²) in [4.78, 5) is 5.63. The lowest BCUT2D eigenvalue weighted by Gasteiger charge is -2.09. The molecule has 0 bridgehead atoms. The first-order valence-electron chi connectivity index (χ1n) is 5.49. The minimum atomic E-state index is 0.0946. The van der Waals surface area contributed by atoms with Crippen molar-refractivity contribution in [1.82, 2.24) is 4.98 Å². The van der Waals surface area contributed by atoms with Crippen LogP contribution in [-0.4, -0.2) is 17.3 Å². The number of rotatable bonds is 3. The van der Waals surface area contributed by atoms with Crippen molar-refractivity contribution in [2.24, 2.45) is 5.73 Å². The van der Waals surface area contributed by atoms with E-state index in [2.05, 4.69) is 29.2 Å². The molecule has 0 saturated carbocycles. The molecule has 2 nitrogen and oxygen atoms in total. The Morgan fingerprint density at radius 3 is 2.82 bits per heavy atom. The van der Waals surface area contributed by atoms with Gasteiger partial charge in [-0.1, -0.05) is 17.7 Å². The number of aromatic nitrogens is 1. The molecule has 0 aliphatic rings. The Hall–Kier alpha value is -0.770. The average Bonchev–Trinajstić information content (AvgIpc) is 2.29. The van der Waals surface area contributed by atoms with Crippen molar-refractivity contribution in [2.45, 2.75) is 24.3 Å². The van der Waals surface area contributed by atoms with Gasteiger partial charge in [-0.15, -0.1) is 11.8 Å². The molecule has 2 N–H and O–H groups in total. The van der Waals surface area contributed by atoms with Gasteiger partial charge in [-0.25, -0.2) is 4.98 Å². The van der Waals surface area contributed by atoms with Crippen molar-refractivity contribution in [3.05, 3.63) is 35.0 Å². The highest BCUT2D eigenvalue weighted by Gasteiger charge is 2.07. The maximum absolute atomic E-state index is 6.17. The van der Waals surface area contributed by atoms with Crippen molar-refractivity contribution in [3.63, 3.8) is 0 Å². The largest absolute Gasteiger partial charge is 0.328 e. The molecule has 0 radical (unpaired) electrons. The highest BCUT2D eigenvalue weighted by Crippen LogP contribution is 2.25. The van der Waals surface area contributed by atoms with Gasteiger partial charge in [0.1, 0.15) is 5.15 Å². The highest BCUT2D eigenvalue weighted by molar-refractivity contribution is 7.98. The van der Waals surface area contributed by atoms with Crippen LogP contribution in [0.2, 0.25) is 5.15 Å². The first-order chi connectivity index (χ1) is 8.10. The molecule has 0 spiro atoms. The fraction of sp³-hybridized carbons (Fsp3) is 0.308. The summed E-state index contributed by atoms with van der Waals surface area (Å²) in [5.74, 6) is 0. The smallest absolute Gasteiger partial charge is 0.133 e. The van der Waals surface area contributed by atoms with Crippen LogP contribution in [0.5, 0.6) is 0 Å². The zero-order valence-corrected chi connectivity index (χ0v) is 11.5. The third-order valence-electron chi connectivity index (χ3n) is 2.59. The van der Waals surface area contributed by atoms with Crippen LogP contribution in [0, 0.1) is 0 Å². The Morgan fingerprint density at radius 1 is 1.41 bits per heavy atom. The van der Waals surface area contributed by atoms with Gasteiger partial charge in [-0.2, -0.15) is 0 Å². The molecule has 0 fully saturated rings. The predicted octanol–water partition coefficient (Wildman–Crippen LogP) is 3.50. The van der Waals surface area contributed by atoms with Crippen molar-refractivity contribution in [1.29, 1.82) is 0 Å². The quantitative estimate of drug-likeness (QED) is 0.683. The number of halogens is 1. The number of hydrogen-bond acceptors (Lipinski definition) is 3. The van der Waals surface area contributed by atoms with E-state index in [0.29, 0.717) is 5.15 Å². The zero-order chi connectivity index (χ0) is 12.4. The Bertz CT molecular complexity index is 540. The van der Waals surface area contributed by atoms with E-state index in [-0.39, 0.29) is 6.04 Å². The van der Waals surface area contributed by atoms with Crippen LogP contribution >= 0.6 is 23.4 Å². The number of hydrogen-bond donors (Lipinski definition) is 1. The molecule has 1 aromatic heterocycles. The predicted molar refractivity (Wildman–Crippen MR) is 75.9 cm³/mol. The molecule has 1 unspecified atom stereocenters. The lowest BCUT2D eigenvalue weighted by atomic mass is 10.1. The molecule has 2 rings (SSSR count). The van der Waals surface area contributed by atoms with Crippen LogP contribution in [0.1, 0.15) is 12.5 Å². The summed E-state index contributed by atoms with van der Waals surface area (Å²) in [6.07, 6.45) is 2.80. The monoisotopic (exact) mass is 266 g/mol. The fourth-order valence-corrected chi connectivity index (χ4v) is 2.44. The van der Waals surface area contributed by atoms with Gasteiger partial charge in [0, 0.05) is 16.3 Å². The first kappa shape index (κ1) is 12.7. The molecule has 1 atom stereocenters. The molecule has 0 saturated heterocycles. The number of benzene rings is 1. The summed E-state index contributed by atoms with van der Waals surface area (Å²) < 4.78 is 0. The topological polar surface area (TPSA) is 38.9 Å². The van der Waals surface area contributed by atoms with Crippen LogP contribution in [0.25, 0.3) is 10.9 Å². The summed E-state index contributed by atoms with van der Waals surface area (Å²) in [5, 5.41) is 1.68. The maximum Gasteiger partial charge on any atom is 0.133 e. The SMILES string of the molecule is CSc1ccc2cc(CC(C)N)c(Cl)nc2c1. The van der Waals surface area contributed by atoms with Crippen LogP contribution < -0.4 is 5.73 Å². The minimum absolute atomic E-state index is 0.0946. The van der Waals surface area contributed by atoms with Gasteiger partial charge in [0.25, 0.3) is 0 Å². The van der Waals surface area contributed by atoms with Crippen LogP contribution in [0.4, 0.5) is 0 Å². The third-order valence-corrected chi connectivity index (χ3v) is 3.65. The molecular weight excluding hydrogens is 252 g/mol. The summed E-state index contributed by atoms with van der Waals surface area (Å²) in [6, 6.07) is 8.41. The number of pyridine rings is 1. The number of fused-ring (bicyclic) bond motifs is 1. The van der Waals surface area contributed by atoms with E-state index in [0.717, 1.165) is 22.9 Å². The number of thioether (sulfide) groups is 1. The third kappa shape index (κ3) is 2.92. The van der Waals surface area contributed by atoms with E-state index >= 15 is 0 Å². The van der Waals surface area contributed by atoms with Gasteiger partial charge in [0.15, 0.2) is 0 Å². The average molecular weight is 267 g/mol. The van der Waals surface area contributed by atoms with Crippen LogP contribution in [-0.2, 0) is 6.42 Å². The number of nitrogens with zero attached hydrogens (tertiary/aromatic N) is 1. The molecule has 4 heteroatoms. The molecule has 90 valence electrons. The van der Waals surface area contributed by atoms with Crippen molar-refractivity contribution < 1.29 is 0 Å². The minimum Gasteiger partial charge on any atom is -0.328 e. The molecule has 0 amide bonds. The number of nitrogens with two attached hydrogens (primary N) is 1. The molecule has 0 aliphatic carbocycles. The standard InChI is InChI=1S/C13H15ClN2S/c1-8(15)5-10-6-9-3-4-11(17-2)7-12(9)16-13(10)14/h3-4,6-8H,5,15H2,1-2H3. The molecular formula is C13H15ClN2S. The van der Waals surface area contributed by atoms with E-state index in [1.165, 1.54) is 4.90 Å². The summed E-state index contributed by atoms with van der Waals surface area (Å²) in [6.45, 7) is 1.97. The maximum atomic E-state index is 6.17. The Balaban J connectivity index is 2.50. The second kappa shape index (κ2) is 5.25. The Labute approximate surface area is 111 Å². The van der Waals surface area contributed by atoms with Crippen molar-refractivity contribution in [2.75, 3.05) is 6.26 Å². The Kier molecular flexibility index (Phi) is 3.92. The Morgan fingerprint density at radius 2 is 2.18 bits per heavy atom. The molecule has 1 heterocycles. The van der Waals surface area contributed by atoms with E-state index in [4.69, 9.17) is 17.3 Å². The summed E-state index contributed by atoms with van der Waals surface area (Å²) in [7, 11) is 0. The van der Waals surface area contributed by atoms with Gasteiger partial charge in [-0.05, 0) is 43.4 Å². The van der Waals surface area contributed by atoms with E-state index in [1.807, 2.05) is 13.2 Å². The summed E-state index contributed by atoms with van der Waals surface area (Å²) >= 11 is 7.87. The zero-order valence-electron chi connectivity index (χ0n) is 9.90. The molecule has 1 aromatic carbocycles. The van der Waals surface area contributed by atoms with Gasteiger partial charge in [0.2, 0.25) is 0 Å². The normalized spacial score (nSPS) is 12.9. The van der Waals surface area contributed by atoms with Gasteiger partial charge in [-0.3, -0.25) is 0 Å². The fourth-order valence-electron chi connectivity index (χ4n) is 1.78. The van der Waals surface area contributed by atoms with E-state index in [1.54, 1.807) is 11.8 Å². The van der Waals surface area contributed by atoms with Crippen molar-refractivity contribution >= 4 is 34.3 Å². The van der Waals surface area contributed by atoms with Crippen LogP contribution in [0.3, 0.4) is 0 Å². The van der Waals surface area contributed by atoms with Gasteiger partial charge in [0.05, 0.1) is 5.52 Å².